The summed E-state index contributed by atoms with van der Waals surface area (Å²) in [6.07, 6.45) is 5.16. The Kier molecular flexibility index (Phi) is 8.27. The third kappa shape index (κ3) is 5.69. The summed E-state index contributed by atoms with van der Waals surface area (Å²) in [7, 11) is 0. The number of rotatable bonds is 8. The topological polar surface area (TPSA) is 87.7 Å². The molecule has 1 saturated heterocycles. The molecule has 2 amide bonds. The van der Waals surface area contributed by atoms with Crippen LogP contribution in [0, 0.1) is 0 Å². The molecule has 1 fully saturated rings. The third-order valence-corrected chi connectivity index (χ3v) is 8.53. The van der Waals surface area contributed by atoms with Crippen molar-refractivity contribution in [3.63, 3.8) is 0 Å². The van der Waals surface area contributed by atoms with E-state index in [-0.39, 0.29) is 18.3 Å². The van der Waals surface area contributed by atoms with E-state index in [4.69, 9.17) is 14.7 Å². The second-order valence-electron chi connectivity index (χ2n) is 9.40. The van der Waals surface area contributed by atoms with Crippen LogP contribution in [0.25, 0.3) is 32.0 Å². The first-order chi connectivity index (χ1) is 18.6. The van der Waals surface area contributed by atoms with E-state index < -0.39 is 5.91 Å². The van der Waals surface area contributed by atoms with Crippen LogP contribution in [0.15, 0.2) is 58.8 Å². The van der Waals surface area contributed by atoms with Crippen molar-refractivity contribution in [3.8, 4) is 27.6 Å². The molecule has 39 heavy (non-hydrogen) atoms. The van der Waals surface area contributed by atoms with Crippen LogP contribution in [-0.2, 0) is 9.59 Å². The maximum Gasteiger partial charge on any atom is 0.275 e. The zero-order valence-electron chi connectivity index (χ0n) is 21.4. The normalized spacial score (nSPS) is 15.9. The van der Waals surface area contributed by atoms with Gasteiger partial charge in [-0.3, -0.25) is 19.9 Å². The summed E-state index contributed by atoms with van der Waals surface area (Å²) in [5.41, 5.74) is 5.15. The maximum absolute atomic E-state index is 12.6. The van der Waals surface area contributed by atoms with Crippen LogP contribution < -0.4 is 10.2 Å². The van der Waals surface area contributed by atoms with Gasteiger partial charge in [-0.1, -0.05) is 24.6 Å². The van der Waals surface area contributed by atoms with Crippen molar-refractivity contribution in [2.75, 3.05) is 31.7 Å². The molecule has 0 saturated carbocycles. The molecule has 11 heteroatoms. The Hall–Kier alpha value is -3.31. The average molecular weight is 582 g/mol. The number of aromatic nitrogens is 2. The molecule has 1 N–H and O–H groups in total. The summed E-state index contributed by atoms with van der Waals surface area (Å²) < 4.78 is 6.08. The summed E-state index contributed by atoms with van der Waals surface area (Å²) in [5.74, 6) is 0.853. The molecule has 2 aliphatic heterocycles. The fourth-order valence-corrected chi connectivity index (χ4v) is 6.53. The summed E-state index contributed by atoms with van der Waals surface area (Å²) in [6.45, 7) is 5.43. The predicted octanol–water partition coefficient (Wildman–Crippen LogP) is 6.02. The molecule has 5 heterocycles. The van der Waals surface area contributed by atoms with E-state index in [9.17, 15) is 9.59 Å². The molecule has 0 bridgehead atoms. The van der Waals surface area contributed by atoms with Crippen LogP contribution in [0.3, 0.4) is 0 Å². The van der Waals surface area contributed by atoms with Crippen molar-refractivity contribution < 1.29 is 14.3 Å². The number of anilines is 1. The number of benzene rings is 1. The SMILES string of the molecule is CC1=CC(=O)N(Nc2nc(-c3cccc(OCCN4CCCCC4)c3)nc3scc(-c4cccs4)c23)C1=O.Cl. The van der Waals surface area contributed by atoms with Crippen molar-refractivity contribution in [2.24, 2.45) is 0 Å². The number of hydrogen-bond donors (Lipinski definition) is 1. The number of carbonyl (C=O) groups is 2. The van der Waals surface area contributed by atoms with Gasteiger partial charge in [0.05, 0.1) is 5.39 Å². The number of fused-ring (bicyclic) bond motifs is 1. The molecule has 0 atom stereocenters. The average Bonchev–Trinajstić information content (AvgIpc) is 3.66. The summed E-state index contributed by atoms with van der Waals surface area (Å²) in [6, 6.07) is 11.8. The van der Waals surface area contributed by atoms with E-state index in [0.29, 0.717) is 23.8 Å². The molecular weight excluding hydrogens is 554 g/mol. The lowest BCUT2D eigenvalue weighted by Gasteiger charge is -2.26. The van der Waals surface area contributed by atoms with Gasteiger partial charge in [-0.05, 0) is 56.4 Å². The smallest absolute Gasteiger partial charge is 0.275 e. The van der Waals surface area contributed by atoms with Crippen LogP contribution in [0.2, 0.25) is 0 Å². The van der Waals surface area contributed by atoms with Gasteiger partial charge in [0.15, 0.2) is 11.6 Å². The Morgan fingerprint density at radius 3 is 2.64 bits per heavy atom. The van der Waals surface area contributed by atoms with Crippen molar-refractivity contribution in [1.82, 2.24) is 19.9 Å². The number of nitrogens with zero attached hydrogens (tertiary/aromatic N) is 4. The van der Waals surface area contributed by atoms with Gasteiger partial charge in [0.1, 0.15) is 17.2 Å². The Morgan fingerprint density at radius 1 is 1.05 bits per heavy atom. The number of ether oxygens (including phenoxy) is 1. The Balaban J connectivity index is 0.00000308. The van der Waals surface area contributed by atoms with Gasteiger partial charge in [0.2, 0.25) is 0 Å². The van der Waals surface area contributed by atoms with E-state index in [1.807, 2.05) is 47.2 Å². The fraction of sp³-hybridized carbons (Fsp3) is 0.286. The van der Waals surface area contributed by atoms with Gasteiger partial charge >= 0.3 is 0 Å². The molecule has 0 unspecified atom stereocenters. The van der Waals surface area contributed by atoms with E-state index in [1.54, 1.807) is 18.3 Å². The minimum atomic E-state index is -0.419. The van der Waals surface area contributed by atoms with Gasteiger partial charge in [0, 0.05) is 39.6 Å². The molecule has 3 aromatic heterocycles. The third-order valence-electron chi connectivity index (χ3n) is 6.76. The number of nitrogens with one attached hydrogen (secondary N) is 1. The maximum atomic E-state index is 12.6. The predicted molar refractivity (Wildman–Crippen MR) is 158 cm³/mol. The summed E-state index contributed by atoms with van der Waals surface area (Å²) >= 11 is 3.12. The minimum absolute atomic E-state index is 0. The molecule has 1 aromatic carbocycles. The fourth-order valence-electron chi connectivity index (χ4n) is 4.77. The number of imide groups is 1. The van der Waals surface area contributed by atoms with E-state index >= 15 is 0 Å². The highest BCUT2D eigenvalue weighted by Crippen LogP contribution is 2.40. The molecule has 2 aliphatic rings. The number of thiophene rings is 2. The lowest BCUT2D eigenvalue weighted by Crippen LogP contribution is -2.36. The Morgan fingerprint density at radius 2 is 1.90 bits per heavy atom. The highest BCUT2D eigenvalue weighted by Gasteiger charge is 2.30. The van der Waals surface area contributed by atoms with Crippen molar-refractivity contribution in [3.05, 3.63) is 58.8 Å². The lowest BCUT2D eigenvalue weighted by atomic mass is 10.1. The number of halogens is 1. The first-order valence-corrected chi connectivity index (χ1v) is 14.4. The van der Waals surface area contributed by atoms with E-state index in [2.05, 4.69) is 10.3 Å². The number of piperidine rings is 1. The van der Waals surface area contributed by atoms with E-state index in [0.717, 1.165) is 56.6 Å². The van der Waals surface area contributed by atoms with Crippen LogP contribution >= 0.6 is 35.1 Å². The number of likely N-dealkylation sites (tertiary alicyclic amines) is 1. The monoisotopic (exact) mass is 581 g/mol. The highest BCUT2D eigenvalue weighted by molar-refractivity contribution is 7.18. The van der Waals surface area contributed by atoms with Crippen molar-refractivity contribution in [1.29, 1.82) is 0 Å². The van der Waals surface area contributed by atoms with Crippen molar-refractivity contribution in [2.45, 2.75) is 26.2 Å². The largest absolute Gasteiger partial charge is 0.492 e. The van der Waals surface area contributed by atoms with Crippen LogP contribution in [0.1, 0.15) is 26.2 Å². The summed E-state index contributed by atoms with van der Waals surface area (Å²) in [5, 5.41) is 5.84. The number of amides is 2. The second kappa shape index (κ2) is 11.8. The van der Waals surface area contributed by atoms with E-state index in [1.165, 1.54) is 36.7 Å². The summed E-state index contributed by atoms with van der Waals surface area (Å²) in [4.78, 5) is 39.1. The zero-order chi connectivity index (χ0) is 26.1. The van der Waals surface area contributed by atoms with Gasteiger partial charge < -0.3 is 4.74 Å². The first kappa shape index (κ1) is 27.3. The van der Waals surface area contributed by atoms with Crippen molar-refractivity contribution >= 4 is 62.9 Å². The number of hydrogen-bond acceptors (Lipinski definition) is 9. The van der Waals surface area contributed by atoms with Gasteiger partial charge in [-0.25, -0.2) is 9.97 Å². The molecule has 0 spiro atoms. The Bertz CT molecular complexity index is 1530. The Labute approximate surface area is 240 Å². The minimum Gasteiger partial charge on any atom is -0.492 e. The first-order valence-electron chi connectivity index (χ1n) is 12.7. The molecule has 0 aliphatic carbocycles. The quantitative estimate of drug-likeness (QED) is 0.255. The molecule has 202 valence electrons. The standard InChI is InChI=1S/C28H27N5O3S2.ClH/c1-18-15-23(34)33(28(18)35)31-26-24-21(22-9-6-14-37-22)17-38-27(24)30-25(29-26)19-7-5-8-20(16-19)36-13-12-32-10-3-2-4-11-32;/h5-9,14-17H,2-4,10-13H2,1H3,(H,29,30,31);1H. The zero-order valence-corrected chi connectivity index (χ0v) is 23.8. The lowest BCUT2D eigenvalue weighted by molar-refractivity contribution is -0.135. The molecule has 0 radical (unpaired) electrons. The molecular formula is C28H28ClN5O3S2. The molecule has 4 aromatic rings. The van der Waals surface area contributed by atoms with Crippen LogP contribution in [0.4, 0.5) is 5.82 Å². The van der Waals surface area contributed by atoms with Gasteiger partial charge in [-0.15, -0.1) is 35.1 Å². The number of hydrazine groups is 1. The van der Waals surface area contributed by atoms with Crippen LogP contribution in [-0.4, -0.2) is 57.9 Å². The van der Waals surface area contributed by atoms with Crippen LogP contribution in [0.5, 0.6) is 5.75 Å². The molecule has 6 rings (SSSR count). The number of carbonyl (C=O) groups excluding carboxylic acids is 2. The van der Waals surface area contributed by atoms with Gasteiger partial charge in [-0.2, -0.15) is 5.01 Å². The highest BCUT2D eigenvalue weighted by atomic mass is 35.5. The van der Waals surface area contributed by atoms with Gasteiger partial charge in [0.25, 0.3) is 11.8 Å². The second-order valence-corrected chi connectivity index (χ2v) is 11.2. The molecule has 8 nitrogen and oxygen atoms in total.